The lowest BCUT2D eigenvalue weighted by Crippen LogP contribution is -2.46. The van der Waals surface area contributed by atoms with Crippen molar-refractivity contribution in [2.75, 3.05) is 13.2 Å². The number of carbonyl (C=O) groups excluding carboxylic acids is 1. The molecule has 2 saturated heterocycles. The van der Waals surface area contributed by atoms with E-state index in [0.717, 1.165) is 5.56 Å². The summed E-state index contributed by atoms with van der Waals surface area (Å²) in [6.45, 7) is 7.10. The van der Waals surface area contributed by atoms with Crippen LogP contribution in [0.1, 0.15) is 26.3 Å². The van der Waals surface area contributed by atoms with E-state index in [1.54, 1.807) is 0 Å². The van der Waals surface area contributed by atoms with Crippen molar-refractivity contribution in [3.63, 3.8) is 0 Å². The molecule has 0 bridgehead atoms. The molecule has 0 radical (unpaired) electrons. The number of nitrogens with one attached hydrogen (secondary N) is 1. The van der Waals surface area contributed by atoms with Gasteiger partial charge in [-0.2, -0.15) is 0 Å². The first kappa shape index (κ1) is 17.2. The van der Waals surface area contributed by atoms with E-state index in [9.17, 15) is 4.79 Å². The fraction of sp³-hybridized carbons (Fsp3) is 0.611. The Morgan fingerprint density at radius 2 is 2.08 bits per heavy atom. The molecule has 2 aliphatic heterocycles. The van der Waals surface area contributed by atoms with E-state index >= 15 is 0 Å². The summed E-state index contributed by atoms with van der Waals surface area (Å²) in [5, 5.41) is 2.77. The Hall–Kier alpha value is -1.63. The van der Waals surface area contributed by atoms with Crippen molar-refractivity contribution in [2.24, 2.45) is 0 Å². The molecule has 24 heavy (non-hydrogen) atoms. The quantitative estimate of drug-likeness (QED) is 0.808. The van der Waals surface area contributed by atoms with E-state index in [1.165, 1.54) is 0 Å². The molecular weight excluding hydrogens is 310 g/mol. The normalized spacial score (nSPS) is 26.5. The predicted molar refractivity (Wildman–Crippen MR) is 87.7 cm³/mol. The standard InChI is InChI=1S/C18H25NO5/c1-18(2,3)24-13(15-16-14(23-16)11-21-15)9-19-17(20)22-10-12-7-5-4-6-8-12/h4-8,13-16H,9-11H2,1-3H3,(H,19,20)/t13-,14-,15+,16-/m0/s1. The number of fused-ring (bicyclic) bond motifs is 1. The molecule has 0 unspecified atom stereocenters. The van der Waals surface area contributed by atoms with Gasteiger partial charge in [-0.25, -0.2) is 4.79 Å². The zero-order valence-corrected chi connectivity index (χ0v) is 14.4. The smallest absolute Gasteiger partial charge is 0.407 e. The number of epoxide rings is 1. The number of amides is 1. The number of hydrogen-bond donors (Lipinski definition) is 1. The lowest BCUT2D eigenvalue weighted by Gasteiger charge is -2.31. The minimum atomic E-state index is -0.465. The van der Waals surface area contributed by atoms with Gasteiger partial charge < -0.3 is 24.3 Å². The van der Waals surface area contributed by atoms with E-state index in [2.05, 4.69) is 5.32 Å². The molecule has 2 aliphatic rings. The van der Waals surface area contributed by atoms with Gasteiger partial charge >= 0.3 is 6.09 Å². The zero-order chi connectivity index (χ0) is 17.2. The van der Waals surface area contributed by atoms with Crippen LogP contribution in [0.2, 0.25) is 0 Å². The van der Waals surface area contributed by atoms with Gasteiger partial charge in [0.2, 0.25) is 0 Å². The van der Waals surface area contributed by atoms with Crippen LogP contribution >= 0.6 is 0 Å². The molecule has 3 rings (SSSR count). The fourth-order valence-electron chi connectivity index (χ4n) is 2.84. The highest BCUT2D eigenvalue weighted by atomic mass is 16.7. The van der Waals surface area contributed by atoms with Gasteiger partial charge in [0, 0.05) is 6.54 Å². The number of carbonyl (C=O) groups is 1. The maximum Gasteiger partial charge on any atom is 0.407 e. The predicted octanol–water partition coefficient (Wildman–Crippen LogP) is 2.26. The van der Waals surface area contributed by atoms with Crippen LogP contribution < -0.4 is 5.32 Å². The maximum absolute atomic E-state index is 11.9. The second kappa shape index (κ2) is 7.09. The van der Waals surface area contributed by atoms with E-state index in [1.807, 2.05) is 51.1 Å². The minimum absolute atomic E-state index is 0.0829. The van der Waals surface area contributed by atoms with Crippen LogP contribution in [0.3, 0.4) is 0 Å². The number of benzene rings is 1. The summed E-state index contributed by atoms with van der Waals surface area (Å²) in [5.74, 6) is 0. The van der Waals surface area contributed by atoms with Gasteiger partial charge in [0.1, 0.15) is 31.0 Å². The Kier molecular flexibility index (Phi) is 5.08. The molecule has 2 heterocycles. The first-order valence-electron chi connectivity index (χ1n) is 8.32. The number of rotatable bonds is 6. The summed E-state index contributed by atoms with van der Waals surface area (Å²) < 4.78 is 22.6. The second-order valence-corrected chi connectivity index (χ2v) is 7.15. The van der Waals surface area contributed by atoms with Crippen molar-refractivity contribution in [1.82, 2.24) is 5.32 Å². The van der Waals surface area contributed by atoms with E-state index in [0.29, 0.717) is 13.2 Å². The summed E-state index contributed by atoms with van der Waals surface area (Å²) >= 11 is 0. The third-order valence-corrected chi connectivity index (χ3v) is 3.93. The molecule has 0 aromatic heterocycles. The highest BCUT2D eigenvalue weighted by molar-refractivity contribution is 5.67. The van der Waals surface area contributed by atoms with Crippen LogP contribution in [-0.2, 0) is 25.6 Å². The van der Waals surface area contributed by atoms with Gasteiger partial charge in [0.25, 0.3) is 0 Å². The summed E-state index contributed by atoms with van der Waals surface area (Å²) in [6.07, 6.45) is -0.617. The average molecular weight is 335 g/mol. The number of hydrogen-bond acceptors (Lipinski definition) is 5. The minimum Gasteiger partial charge on any atom is -0.445 e. The molecule has 0 spiro atoms. The highest BCUT2D eigenvalue weighted by Gasteiger charge is 2.55. The Labute approximate surface area is 142 Å². The van der Waals surface area contributed by atoms with Crippen LogP contribution in [-0.4, -0.2) is 49.3 Å². The Morgan fingerprint density at radius 1 is 1.33 bits per heavy atom. The summed E-state index contributed by atoms with van der Waals surface area (Å²) in [6, 6.07) is 9.57. The van der Waals surface area contributed by atoms with Gasteiger partial charge in [-0.1, -0.05) is 30.3 Å². The molecule has 132 valence electrons. The van der Waals surface area contributed by atoms with Crippen LogP contribution in [0.15, 0.2) is 30.3 Å². The van der Waals surface area contributed by atoms with Crippen molar-refractivity contribution >= 4 is 6.09 Å². The summed E-state index contributed by atoms with van der Waals surface area (Å²) in [7, 11) is 0. The molecule has 6 heteroatoms. The van der Waals surface area contributed by atoms with Crippen LogP contribution in [0, 0.1) is 0 Å². The van der Waals surface area contributed by atoms with Gasteiger partial charge in [-0.05, 0) is 26.3 Å². The SMILES string of the molecule is CC(C)(C)O[C@@H](CNC(=O)OCc1ccccc1)[C@H]1OC[C@@H]2O[C@H]12. The molecule has 6 nitrogen and oxygen atoms in total. The molecular formula is C18H25NO5. The van der Waals surface area contributed by atoms with Crippen LogP contribution in [0.25, 0.3) is 0 Å². The van der Waals surface area contributed by atoms with E-state index < -0.39 is 6.09 Å². The topological polar surface area (TPSA) is 69.3 Å². The van der Waals surface area contributed by atoms with Crippen molar-refractivity contribution in [3.8, 4) is 0 Å². The first-order valence-corrected chi connectivity index (χ1v) is 8.32. The molecule has 1 N–H and O–H groups in total. The van der Waals surface area contributed by atoms with Gasteiger partial charge in [-0.3, -0.25) is 0 Å². The highest BCUT2D eigenvalue weighted by Crippen LogP contribution is 2.37. The molecule has 1 aromatic rings. The van der Waals surface area contributed by atoms with Crippen molar-refractivity contribution in [1.29, 1.82) is 0 Å². The third kappa shape index (κ3) is 4.69. The summed E-state index contributed by atoms with van der Waals surface area (Å²) in [4.78, 5) is 11.9. The lowest BCUT2D eigenvalue weighted by molar-refractivity contribution is -0.129. The number of alkyl carbamates (subject to hydrolysis) is 1. The van der Waals surface area contributed by atoms with Gasteiger partial charge in [0.05, 0.1) is 12.2 Å². The van der Waals surface area contributed by atoms with Crippen LogP contribution in [0.4, 0.5) is 4.79 Å². The van der Waals surface area contributed by atoms with E-state index in [-0.39, 0.29) is 36.6 Å². The zero-order valence-electron chi connectivity index (χ0n) is 14.4. The molecule has 1 aromatic carbocycles. The van der Waals surface area contributed by atoms with Crippen LogP contribution in [0.5, 0.6) is 0 Å². The molecule has 4 atom stereocenters. The van der Waals surface area contributed by atoms with Crippen molar-refractivity contribution in [2.45, 2.75) is 57.4 Å². The monoisotopic (exact) mass is 335 g/mol. The van der Waals surface area contributed by atoms with E-state index in [4.69, 9.17) is 18.9 Å². The lowest BCUT2D eigenvalue weighted by atomic mass is 10.1. The Morgan fingerprint density at radius 3 is 2.67 bits per heavy atom. The van der Waals surface area contributed by atoms with Gasteiger partial charge in [0.15, 0.2) is 0 Å². The Bertz CT molecular complexity index is 556. The summed E-state index contributed by atoms with van der Waals surface area (Å²) in [5.41, 5.74) is 0.611. The fourth-order valence-corrected chi connectivity index (χ4v) is 2.84. The van der Waals surface area contributed by atoms with Crippen molar-refractivity contribution in [3.05, 3.63) is 35.9 Å². The molecule has 1 amide bonds. The van der Waals surface area contributed by atoms with Crippen molar-refractivity contribution < 1.29 is 23.7 Å². The molecule has 0 saturated carbocycles. The van der Waals surface area contributed by atoms with Gasteiger partial charge in [-0.15, -0.1) is 0 Å². The maximum atomic E-state index is 11.9. The first-order chi connectivity index (χ1) is 11.4. The average Bonchev–Trinajstić information content (AvgIpc) is 3.20. The second-order valence-electron chi connectivity index (χ2n) is 7.15. The largest absolute Gasteiger partial charge is 0.445 e. The molecule has 2 fully saturated rings. The number of ether oxygens (including phenoxy) is 4. The molecule has 0 aliphatic carbocycles. The Balaban J connectivity index is 1.48. The third-order valence-electron chi connectivity index (χ3n) is 3.93.